The van der Waals surface area contributed by atoms with E-state index < -0.39 is 12.1 Å². The molecule has 0 radical (unpaired) electrons. The first-order chi connectivity index (χ1) is 14.5. The number of alkyl halides is 3. The Morgan fingerprint density at radius 1 is 1.26 bits per heavy atom. The van der Waals surface area contributed by atoms with E-state index in [9.17, 15) is 18.0 Å². The van der Waals surface area contributed by atoms with Gasteiger partial charge in [-0.25, -0.2) is 4.79 Å². The van der Waals surface area contributed by atoms with Gasteiger partial charge in [0.15, 0.2) is 0 Å². The number of carboxylic acid groups (broad SMARTS) is 1. The van der Waals surface area contributed by atoms with E-state index in [1.165, 1.54) is 5.56 Å². The maximum absolute atomic E-state index is 12.3. The van der Waals surface area contributed by atoms with Gasteiger partial charge in [0.2, 0.25) is 5.91 Å². The second kappa shape index (κ2) is 10.8. The van der Waals surface area contributed by atoms with E-state index >= 15 is 0 Å². The average Bonchev–Trinajstić information content (AvgIpc) is 3.13. The van der Waals surface area contributed by atoms with Crippen molar-refractivity contribution in [1.29, 1.82) is 0 Å². The van der Waals surface area contributed by atoms with Gasteiger partial charge in [0.05, 0.1) is 19.8 Å². The molecule has 1 aromatic rings. The third-order valence-corrected chi connectivity index (χ3v) is 5.24. The Hall–Kier alpha value is -2.33. The summed E-state index contributed by atoms with van der Waals surface area (Å²) in [5.74, 6) is -1.64. The number of ether oxygens (including phenoxy) is 2. The predicted octanol–water partition coefficient (Wildman–Crippen LogP) is 2.83. The highest BCUT2D eigenvalue weighted by molar-refractivity contribution is 5.79. The highest BCUT2D eigenvalue weighted by Gasteiger charge is 2.43. The Balaban J connectivity index is 0.000000423. The van der Waals surface area contributed by atoms with E-state index in [-0.39, 0.29) is 24.0 Å². The van der Waals surface area contributed by atoms with E-state index in [0.29, 0.717) is 6.04 Å². The zero-order valence-electron chi connectivity index (χ0n) is 17.8. The molecule has 1 aliphatic carbocycles. The topological polar surface area (TPSA) is 88.1 Å². The van der Waals surface area contributed by atoms with Gasteiger partial charge in [0.25, 0.3) is 0 Å². The van der Waals surface area contributed by atoms with Crippen LogP contribution in [0.1, 0.15) is 32.3 Å². The molecule has 1 heterocycles. The minimum atomic E-state index is -5.08. The number of benzene rings is 1. The first kappa shape index (κ1) is 24.9. The van der Waals surface area contributed by atoms with Crippen LogP contribution < -0.4 is 10.1 Å². The Labute approximate surface area is 179 Å². The van der Waals surface area contributed by atoms with Gasteiger partial charge in [0, 0.05) is 31.1 Å². The molecule has 1 aliphatic heterocycles. The molecule has 3 rings (SSSR count). The van der Waals surface area contributed by atoms with Gasteiger partial charge in [-0.3, -0.25) is 9.69 Å². The molecule has 7 nitrogen and oxygen atoms in total. The van der Waals surface area contributed by atoms with Crippen LogP contribution >= 0.6 is 0 Å². The van der Waals surface area contributed by atoms with Crippen LogP contribution in [-0.2, 0) is 20.9 Å². The van der Waals surface area contributed by atoms with Gasteiger partial charge in [-0.15, -0.1) is 0 Å². The van der Waals surface area contributed by atoms with Crippen LogP contribution in [0.15, 0.2) is 24.3 Å². The Bertz CT molecular complexity index is 740. The molecule has 1 amide bonds. The number of aliphatic carboxylic acids is 1. The molecule has 0 bridgehead atoms. The van der Waals surface area contributed by atoms with Crippen LogP contribution in [-0.4, -0.2) is 66.5 Å². The minimum Gasteiger partial charge on any atom is -0.497 e. The smallest absolute Gasteiger partial charge is 0.490 e. The first-order valence-corrected chi connectivity index (χ1v) is 10.1. The van der Waals surface area contributed by atoms with Gasteiger partial charge in [-0.05, 0) is 44.4 Å². The summed E-state index contributed by atoms with van der Waals surface area (Å²) in [6.07, 6.45) is -3.18. The van der Waals surface area contributed by atoms with Crippen LogP contribution in [0.5, 0.6) is 5.75 Å². The van der Waals surface area contributed by atoms with Gasteiger partial charge in [-0.1, -0.05) is 12.1 Å². The molecule has 1 aromatic carbocycles. The highest BCUT2D eigenvalue weighted by Crippen LogP contribution is 2.35. The molecule has 0 spiro atoms. The number of nitrogens with one attached hydrogen (secondary N) is 1. The normalized spacial score (nSPS) is 23.5. The molecule has 3 atom stereocenters. The van der Waals surface area contributed by atoms with Crippen molar-refractivity contribution in [3.63, 3.8) is 0 Å². The van der Waals surface area contributed by atoms with Crippen LogP contribution in [0.25, 0.3) is 0 Å². The molecule has 1 saturated carbocycles. The van der Waals surface area contributed by atoms with Gasteiger partial charge < -0.3 is 19.9 Å². The summed E-state index contributed by atoms with van der Waals surface area (Å²) >= 11 is 0. The van der Waals surface area contributed by atoms with Gasteiger partial charge in [0.1, 0.15) is 5.75 Å². The lowest BCUT2D eigenvalue weighted by atomic mass is 10.1. The van der Waals surface area contributed by atoms with Crippen molar-refractivity contribution in [3.8, 4) is 5.75 Å². The number of carbonyl (C=O) groups excluding carboxylic acids is 1. The van der Waals surface area contributed by atoms with Crippen molar-refractivity contribution in [2.75, 3.05) is 20.3 Å². The van der Waals surface area contributed by atoms with E-state index in [0.717, 1.165) is 38.3 Å². The number of amides is 1. The number of hydrogen-bond acceptors (Lipinski definition) is 5. The number of nitrogens with zero attached hydrogens (tertiary/aromatic N) is 1. The van der Waals surface area contributed by atoms with Crippen molar-refractivity contribution in [3.05, 3.63) is 29.8 Å². The maximum Gasteiger partial charge on any atom is 0.490 e. The van der Waals surface area contributed by atoms with Gasteiger partial charge in [-0.2, -0.15) is 13.2 Å². The van der Waals surface area contributed by atoms with Crippen molar-refractivity contribution in [1.82, 2.24) is 10.2 Å². The lowest BCUT2D eigenvalue weighted by molar-refractivity contribution is -0.192. The molecule has 10 heteroatoms. The molecular formula is C21H29F3N2O5. The fraction of sp³-hybridized carbons (Fsp3) is 0.619. The zero-order valence-corrected chi connectivity index (χ0v) is 17.8. The summed E-state index contributed by atoms with van der Waals surface area (Å²) in [5, 5.41) is 10.2. The summed E-state index contributed by atoms with van der Waals surface area (Å²) in [6, 6.07) is 8.75. The predicted molar refractivity (Wildman–Crippen MR) is 107 cm³/mol. The SMILES string of the molecule is COc1ccc(CN2CCO[C@@H]3C[C@@H](C(=O)NC(C)C)C[C@H]32)cc1.O=C(O)C(F)(F)F. The van der Waals surface area contributed by atoms with Crippen LogP contribution in [0.3, 0.4) is 0 Å². The molecule has 1 saturated heterocycles. The third kappa shape index (κ3) is 7.39. The van der Waals surface area contributed by atoms with Crippen LogP contribution in [0.4, 0.5) is 13.2 Å². The van der Waals surface area contributed by atoms with E-state index in [2.05, 4.69) is 22.3 Å². The second-order valence-corrected chi connectivity index (χ2v) is 7.93. The molecule has 2 N–H and O–H groups in total. The summed E-state index contributed by atoms with van der Waals surface area (Å²) in [7, 11) is 1.68. The molecule has 0 unspecified atom stereocenters. The van der Waals surface area contributed by atoms with Crippen molar-refractivity contribution >= 4 is 11.9 Å². The minimum absolute atomic E-state index is 0.0684. The number of carboxylic acids is 1. The lowest BCUT2D eigenvalue weighted by Gasteiger charge is -2.37. The Kier molecular flexibility index (Phi) is 8.69. The zero-order chi connectivity index (χ0) is 23.2. The summed E-state index contributed by atoms with van der Waals surface area (Å²) in [6.45, 7) is 6.58. The van der Waals surface area contributed by atoms with E-state index in [4.69, 9.17) is 19.4 Å². The van der Waals surface area contributed by atoms with Crippen molar-refractivity contribution in [2.45, 2.75) is 57.6 Å². The number of fused-ring (bicyclic) bond motifs is 1. The average molecular weight is 446 g/mol. The van der Waals surface area contributed by atoms with E-state index in [1.807, 2.05) is 26.0 Å². The molecule has 174 valence electrons. The number of carbonyl (C=O) groups is 2. The quantitative estimate of drug-likeness (QED) is 0.723. The highest BCUT2D eigenvalue weighted by atomic mass is 19.4. The fourth-order valence-corrected chi connectivity index (χ4v) is 3.81. The number of hydrogen-bond donors (Lipinski definition) is 2. The Morgan fingerprint density at radius 3 is 2.39 bits per heavy atom. The fourth-order valence-electron chi connectivity index (χ4n) is 3.81. The van der Waals surface area contributed by atoms with Gasteiger partial charge >= 0.3 is 12.1 Å². The summed E-state index contributed by atoms with van der Waals surface area (Å²) < 4.78 is 42.9. The van der Waals surface area contributed by atoms with Crippen LogP contribution in [0, 0.1) is 5.92 Å². The number of halogens is 3. The number of morpholine rings is 1. The van der Waals surface area contributed by atoms with E-state index in [1.54, 1.807) is 7.11 Å². The largest absolute Gasteiger partial charge is 0.497 e. The lowest BCUT2D eigenvalue weighted by Crippen LogP contribution is -2.47. The molecule has 31 heavy (non-hydrogen) atoms. The van der Waals surface area contributed by atoms with Crippen LogP contribution in [0.2, 0.25) is 0 Å². The maximum atomic E-state index is 12.3. The molecular weight excluding hydrogens is 417 g/mol. The molecule has 2 fully saturated rings. The molecule has 0 aromatic heterocycles. The summed E-state index contributed by atoms with van der Waals surface area (Å²) in [4.78, 5) is 23.7. The van der Waals surface area contributed by atoms with Crippen molar-refractivity contribution in [2.24, 2.45) is 5.92 Å². The first-order valence-electron chi connectivity index (χ1n) is 10.1. The number of rotatable bonds is 5. The monoisotopic (exact) mass is 446 g/mol. The number of methoxy groups -OCH3 is 1. The second-order valence-electron chi connectivity index (χ2n) is 7.93. The summed E-state index contributed by atoms with van der Waals surface area (Å²) in [5.41, 5.74) is 1.27. The third-order valence-electron chi connectivity index (χ3n) is 5.24. The molecule has 2 aliphatic rings. The standard InChI is InChI=1S/C19H28N2O3.C2HF3O2/c1-13(2)20-19(22)15-10-17-18(11-15)24-9-8-21(17)12-14-4-6-16(23-3)7-5-14;3-2(4,5)1(6)7/h4-7,13,15,17-18H,8-12H2,1-3H3,(H,20,22);(H,6,7)/t15-,17+,18+;/m0./s1. The van der Waals surface area contributed by atoms with Crippen molar-refractivity contribution < 1.29 is 37.3 Å². The Morgan fingerprint density at radius 2 is 1.87 bits per heavy atom.